The van der Waals surface area contributed by atoms with Gasteiger partial charge in [-0.15, -0.1) is 0 Å². The van der Waals surface area contributed by atoms with E-state index in [1.165, 1.54) is 19.3 Å². The average Bonchev–Trinajstić information content (AvgIpc) is 2.38. The molecule has 0 amide bonds. The van der Waals surface area contributed by atoms with Crippen molar-refractivity contribution >= 4 is 22.0 Å². The molecule has 0 saturated heterocycles. The van der Waals surface area contributed by atoms with Gasteiger partial charge in [-0.1, -0.05) is 59.5 Å². The molecule has 1 aromatic rings. The SMILES string of the molecule is N#CC1(/C=C/c2cccc(Br)c2)CCCCC1. The number of nitrogens with zero attached hydrogens (tertiary/aromatic N) is 1. The van der Waals surface area contributed by atoms with Gasteiger partial charge in [-0.3, -0.25) is 0 Å². The Morgan fingerprint density at radius 2 is 2.00 bits per heavy atom. The molecule has 0 aromatic heterocycles. The Kier molecular flexibility index (Phi) is 4.02. The Labute approximate surface area is 111 Å². The topological polar surface area (TPSA) is 23.8 Å². The van der Waals surface area contributed by atoms with Crippen LogP contribution in [0.5, 0.6) is 0 Å². The number of nitriles is 1. The smallest absolute Gasteiger partial charge is 0.0756 e. The van der Waals surface area contributed by atoms with Crippen molar-refractivity contribution in [2.24, 2.45) is 5.41 Å². The maximum absolute atomic E-state index is 9.36. The highest BCUT2D eigenvalue weighted by Crippen LogP contribution is 2.37. The summed E-state index contributed by atoms with van der Waals surface area (Å²) in [6, 6.07) is 10.7. The lowest BCUT2D eigenvalue weighted by Crippen LogP contribution is -2.18. The van der Waals surface area contributed by atoms with E-state index in [4.69, 9.17) is 0 Å². The van der Waals surface area contributed by atoms with Gasteiger partial charge in [-0.2, -0.15) is 5.26 Å². The van der Waals surface area contributed by atoms with Crippen LogP contribution >= 0.6 is 15.9 Å². The number of hydrogen-bond acceptors (Lipinski definition) is 1. The average molecular weight is 290 g/mol. The molecular formula is C15H16BrN. The first-order valence-corrected chi connectivity index (χ1v) is 6.89. The molecule has 17 heavy (non-hydrogen) atoms. The minimum Gasteiger partial charge on any atom is -0.197 e. The Hall–Kier alpha value is -1.07. The van der Waals surface area contributed by atoms with Crippen LogP contribution in [0.1, 0.15) is 37.7 Å². The first kappa shape index (κ1) is 12.4. The number of halogens is 1. The molecule has 2 rings (SSSR count). The van der Waals surface area contributed by atoms with E-state index in [1.807, 2.05) is 12.1 Å². The van der Waals surface area contributed by atoms with Gasteiger partial charge in [0.1, 0.15) is 0 Å². The zero-order valence-corrected chi connectivity index (χ0v) is 11.4. The zero-order valence-electron chi connectivity index (χ0n) is 9.82. The fourth-order valence-corrected chi connectivity index (χ4v) is 2.78. The highest BCUT2D eigenvalue weighted by Gasteiger charge is 2.28. The van der Waals surface area contributed by atoms with Crippen molar-refractivity contribution in [3.63, 3.8) is 0 Å². The molecule has 0 bridgehead atoms. The molecule has 1 nitrogen and oxygen atoms in total. The molecule has 1 aromatic carbocycles. The monoisotopic (exact) mass is 289 g/mol. The normalized spacial score (nSPS) is 19.1. The molecule has 0 aliphatic heterocycles. The van der Waals surface area contributed by atoms with Gasteiger partial charge in [-0.05, 0) is 30.5 Å². The minimum atomic E-state index is -0.222. The van der Waals surface area contributed by atoms with E-state index in [-0.39, 0.29) is 5.41 Å². The molecule has 1 fully saturated rings. The summed E-state index contributed by atoms with van der Waals surface area (Å²) in [6.45, 7) is 0. The van der Waals surface area contributed by atoms with Gasteiger partial charge in [0.25, 0.3) is 0 Å². The van der Waals surface area contributed by atoms with Crippen molar-refractivity contribution in [3.05, 3.63) is 40.4 Å². The summed E-state index contributed by atoms with van der Waals surface area (Å²) < 4.78 is 1.08. The number of rotatable bonds is 2. The fraction of sp³-hybridized carbons (Fsp3) is 0.400. The maximum Gasteiger partial charge on any atom is 0.0756 e. The van der Waals surface area contributed by atoms with Crippen molar-refractivity contribution in [3.8, 4) is 6.07 Å². The van der Waals surface area contributed by atoms with Crippen LogP contribution in [-0.4, -0.2) is 0 Å². The summed E-state index contributed by atoms with van der Waals surface area (Å²) >= 11 is 3.46. The Morgan fingerprint density at radius 3 is 2.65 bits per heavy atom. The standard InChI is InChI=1S/C15H16BrN/c16-14-6-4-5-13(11-14)7-10-15(12-17)8-2-1-3-9-15/h4-7,10-11H,1-3,8-9H2/b10-7+. The van der Waals surface area contributed by atoms with Crippen LogP contribution in [-0.2, 0) is 0 Å². The molecule has 1 aliphatic carbocycles. The molecule has 0 heterocycles. The lowest BCUT2D eigenvalue weighted by molar-refractivity contribution is 0.337. The van der Waals surface area contributed by atoms with Crippen molar-refractivity contribution in [1.29, 1.82) is 5.26 Å². The first-order chi connectivity index (χ1) is 8.24. The van der Waals surface area contributed by atoms with Crippen molar-refractivity contribution < 1.29 is 0 Å². The summed E-state index contributed by atoms with van der Waals surface area (Å²) in [5.74, 6) is 0. The summed E-state index contributed by atoms with van der Waals surface area (Å²) in [5.41, 5.74) is 0.931. The van der Waals surface area contributed by atoms with E-state index >= 15 is 0 Å². The van der Waals surface area contributed by atoms with Crippen LogP contribution in [0.15, 0.2) is 34.8 Å². The fourth-order valence-electron chi connectivity index (χ4n) is 2.36. The first-order valence-electron chi connectivity index (χ1n) is 6.10. The third-order valence-corrected chi connectivity index (χ3v) is 3.91. The number of allylic oxidation sites excluding steroid dienone is 1. The summed E-state index contributed by atoms with van der Waals surface area (Å²) in [7, 11) is 0. The maximum atomic E-state index is 9.36. The second-order valence-corrected chi connectivity index (χ2v) is 5.63. The number of hydrogen-bond donors (Lipinski definition) is 0. The van der Waals surface area contributed by atoms with Gasteiger partial charge in [0.15, 0.2) is 0 Å². The van der Waals surface area contributed by atoms with Crippen LogP contribution in [0.4, 0.5) is 0 Å². The van der Waals surface area contributed by atoms with Crippen molar-refractivity contribution in [1.82, 2.24) is 0 Å². The highest BCUT2D eigenvalue weighted by molar-refractivity contribution is 9.10. The second kappa shape index (κ2) is 5.51. The van der Waals surface area contributed by atoms with E-state index in [9.17, 15) is 5.26 Å². The van der Waals surface area contributed by atoms with Gasteiger partial charge in [0.05, 0.1) is 11.5 Å². The Bertz CT molecular complexity index is 450. The van der Waals surface area contributed by atoms with E-state index < -0.39 is 0 Å². The predicted octanol–water partition coefficient (Wildman–Crippen LogP) is 4.94. The summed E-state index contributed by atoms with van der Waals surface area (Å²) in [5, 5.41) is 9.36. The van der Waals surface area contributed by atoms with Crippen molar-refractivity contribution in [2.75, 3.05) is 0 Å². The lowest BCUT2D eigenvalue weighted by atomic mass is 9.75. The quantitative estimate of drug-likeness (QED) is 0.757. The Balaban J connectivity index is 2.16. The molecule has 88 valence electrons. The van der Waals surface area contributed by atoms with Crippen LogP contribution in [0.2, 0.25) is 0 Å². The molecule has 0 radical (unpaired) electrons. The van der Waals surface area contributed by atoms with E-state index in [1.54, 1.807) is 0 Å². The molecule has 1 saturated carbocycles. The summed E-state index contributed by atoms with van der Waals surface area (Å²) in [4.78, 5) is 0. The van der Waals surface area contributed by atoms with E-state index in [0.29, 0.717) is 0 Å². The van der Waals surface area contributed by atoms with Gasteiger partial charge < -0.3 is 0 Å². The van der Waals surface area contributed by atoms with Crippen LogP contribution < -0.4 is 0 Å². The van der Waals surface area contributed by atoms with Gasteiger partial charge >= 0.3 is 0 Å². The zero-order chi connectivity index (χ0) is 12.1. The van der Waals surface area contributed by atoms with Crippen molar-refractivity contribution in [2.45, 2.75) is 32.1 Å². The lowest BCUT2D eigenvalue weighted by Gasteiger charge is -2.27. The molecule has 0 atom stereocenters. The molecule has 0 spiro atoms. The molecule has 1 aliphatic rings. The molecule has 0 N–H and O–H groups in total. The van der Waals surface area contributed by atoms with Crippen LogP contribution in [0, 0.1) is 16.7 Å². The third-order valence-electron chi connectivity index (χ3n) is 3.41. The summed E-state index contributed by atoms with van der Waals surface area (Å²) in [6.07, 6.45) is 9.83. The predicted molar refractivity (Wildman–Crippen MR) is 74.3 cm³/mol. The van der Waals surface area contributed by atoms with Gasteiger partial charge in [-0.25, -0.2) is 0 Å². The number of benzene rings is 1. The third kappa shape index (κ3) is 3.20. The largest absolute Gasteiger partial charge is 0.197 e. The molecule has 2 heteroatoms. The van der Waals surface area contributed by atoms with Crippen LogP contribution in [0.3, 0.4) is 0 Å². The van der Waals surface area contributed by atoms with Crippen LogP contribution in [0.25, 0.3) is 6.08 Å². The molecule has 0 unspecified atom stereocenters. The van der Waals surface area contributed by atoms with E-state index in [2.05, 4.69) is 46.3 Å². The van der Waals surface area contributed by atoms with Gasteiger partial charge in [0.2, 0.25) is 0 Å². The van der Waals surface area contributed by atoms with E-state index in [0.717, 1.165) is 22.9 Å². The second-order valence-electron chi connectivity index (χ2n) is 4.72. The van der Waals surface area contributed by atoms with Gasteiger partial charge in [0, 0.05) is 4.47 Å². The minimum absolute atomic E-state index is 0.222. The highest BCUT2D eigenvalue weighted by atomic mass is 79.9. The molecular weight excluding hydrogens is 274 g/mol. The Morgan fingerprint density at radius 1 is 1.24 bits per heavy atom.